The summed E-state index contributed by atoms with van der Waals surface area (Å²) in [5.74, 6) is 0. The van der Waals surface area contributed by atoms with Crippen LogP contribution in [0.15, 0.2) is 6.20 Å². The van der Waals surface area contributed by atoms with Crippen LogP contribution in [0.3, 0.4) is 0 Å². The largest absolute Gasteiger partial charge is 0.374 e. The highest BCUT2D eigenvalue weighted by atomic mass is 32.1. The Morgan fingerprint density at radius 3 is 3.06 bits per heavy atom. The molecule has 0 aliphatic carbocycles. The molecule has 1 N–H and O–H groups in total. The standard InChI is InChI=1S/C11H19N3OS/c1-3-13-4-5-15-10(7-13)8-14-6-9(2)12-11(14)16/h6,10H,3-5,7-8H2,1-2H3,(H,12,16). The summed E-state index contributed by atoms with van der Waals surface area (Å²) < 4.78 is 8.61. The van der Waals surface area contributed by atoms with Gasteiger partial charge in [0, 0.05) is 25.0 Å². The molecule has 1 aromatic heterocycles. The van der Waals surface area contributed by atoms with E-state index in [1.165, 1.54) is 0 Å². The van der Waals surface area contributed by atoms with Crippen LogP contribution < -0.4 is 0 Å². The van der Waals surface area contributed by atoms with Crippen LogP contribution >= 0.6 is 12.2 Å². The first kappa shape index (κ1) is 11.8. The number of hydrogen-bond acceptors (Lipinski definition) is 3. The Labute approximate surface area is 101 Å². The number of hydrogen-bond donors (Lipinski definition) is 1. The second kappa shape index (κ2) is 5.12. The molecule has 1 aromatic rings. The fourth-order valence-electron chi connectivity index (χ4n) is 2.10. The summed E-state index contributed by atoms with van der Waals surface area (Å²) >= 11 is 5.24. The number of morpholine rings is 1. The first-order valence-corrected chi connectivity index (χ1v) is 6.20. The van der Waals surface area contributed by atoms with Crippen molar-refractivity contribution in [1.29, 1.82) is 0 Å². The summed E-state index contributed by atoms with van der Waals surface area (Å²) in [6.45, 7) is 9.03. The van der Waals surface area contributed by atoms with Crippen molar-refractivity contribution in [3.8, 4) is 0 Å². The number of likely N-dealkylation sites (N-methyl/N-ethyl adjacent to an activating group) is 1. The molecule has 5 heteroatoms. The van der Waals surface area contributed by atoms with Gasteiger partial charge in [-0.05, 0) is 25.7 Å². The monoisotopic (exact) mass is 241 g/mol. The van der Waals surface area contributed by atoms with E-state index in [0.717, 1.165) is 43.3 Å². The van der Waals surface area contributed by atoms with Crippen LogP contribution in [0.5, 0.6) is 0 Å². The highest BCUT2D eigenvalue weighted by Gasteiger charge is 2.19. The van der Waals surface area contributed by atoms with Gasteiger partial charge in [-0.25, -0.2) is 0 Å². The van der Waals surface area contributed by atoms with Gasteiger partial charge in [-0.1, -0.05) is 6.92 Å². The van der Waals surface area contributed by atoms with Crippen molar-refractivity contribution < 1.29 is 4.74 Å². The Morgan fingerprint density at radius 2 is 2.44 bits per heavy atom. The first-order chi connectivity index (χ1) is 7.69. The lowest BCUT2D eigenvalue weighted by molar-refractivity contribution is -0.0344. The minimum Gasteiger partial charge on any atom is -0.374 e. The number of imidazole rings is 1. The van der Waals surface area contributed by atoms with E-state index in [-0.39, 0.29) is 6.10 Å². The molecule has 0 saturated carbocycles. The van der Waals surface area contributed by atoms with Crippen LogP contribution in [0.25, 0.3) is 0 Å². The van der Waals surface area contributed by atoms with Crippen LogP contribution in [-0.4, -0.2) is 46.8 Å². The molecule has 1 aliphatic rings. The molecule has 90 valence electrons. The molecule has 0 spiro atoms. The Kier molecular flexibility index (Phi) is 3.78. The summed E-state index contributed by atoms with van der Waals surface area (Å²) in [5, 5.41) is 0. The number of aromatic nitrogens is 2. The fraction of sp³-hybridized carbons (Fsp3) is 0.727. The van der Waals surface area contributed by atoms with Gasteiger partial charge >= 0.3 is 0 Å². The van der Waals surface area contributed by atoms with Gasteiger partial charge in [0.05, 0.1) is 19.3 Å². The molecule has 1 unspecified atom stereocenters. The first-order valence-electron chi connectivity index (χ1n) is 5.79. The average Bonchev–Trinajstić information content (AvgIpc) is 2.58. The smallest absolute Gasteiger partial charge is 0.177 e. The molecular formula is C11H19N3OS. The van der Waals surface area contributed by atoms with Gasteiger partial charge in [-0.2, -0.15) is 0 Å². The molecule has 2 heterocycles. The van der Waals surface area contributed by atoms with Gasteiger partial charge < -0.3 is 14.3 Å². The van der Waals surface area contributed by atoms with E-state index >= 15 is 0 Å². The average molecular weight is 241 g/mol. The molecule has 0 radical (unpaired) electrons. The van der Waals surface area contributed by atoms with Crippen LogP contribution in [0.1, 0.15) is 12.6 Å². The molecule has 0 aromatic carbocycles. The minimum atomic E-state index is 0.260. The predicted molar refractivity (Wildman–Crippen MR) is 66.2 cm³/mol. The normalized spacial score (nSPS) is 22.5. The van der Waals surface area contributed by atoms with E-state index in [2.05, 4.69) is 27.6 Å². The molecule has 4 nitrogen and oxygen atoms in total. The number of aromatic amines is 1. The lowest BCUT2D eigenvalue weighted by Gasteiger charge is -2.32. The Balaban J connectivity index is 1.99. The highest BCUT2D eigenvalue weighted by molar-refractivity contribution is 7.71. The van der Waals surface area contributed by atoms with Crippen LogP contribution in [0.4, 0.5) is 0 Å². The summed E-state index contributed by atoms with van der Waals surface area (Å²) in [6, 6.07) is 0. The maximum atomic E-state index is 5.76. The third kappa shape index (κ3) is 2.72. The van der Waals surface area contributed by atoms with E-state index in [9.17, 15) is 0 Å². The zero-order valence-corrected chi connectivity index (χ0v) is 10.7. The van der Waals surface area contributed by atoms with E-state index in [0.29, 0.717) is 0 Å². The molecule has 0 amide bonds. The summed E-state index contributed by atoms with van der Waals surface area (Å²) in [4.78, 5) is 5.54. The topological polar surface area (TPSA) is 33.2 Å². The SMILES string of the molecule is CCN1CCOC(Cn2cc(C)[nH]c2=S)C1. The van der Waals surface area contributed by atoms with Gasteiger partial charge in [-0.3, -0.25) is 4.90 Å². The third-order valence-corrected chi connectivity index (χ3v) is 3.32. The maximum absolute atomic E-state index is 5.76. The van der Waals surface area contributed by atoms with Crippen molar-refractivity contribution in [1.82, 2.24) is 14.5 Å². The maximum Gasteiger partial charge on any atom is 0.177 e. The lowest BCUT2D eigenvalue weighted by atomic mass is 10.2. The predicted octanol–water partition coefficient (Wildman–Crippen LogP) is 1.57. The molecule has 1 aliphatic heterocycles. The van der Waals surface area contributed by atoms with Gasteiger partial charge in [0.25, 0.3) is 0 Å². The molecule has 16 heavy (non-hydrogen) atoms. The van der Waals surface area contributed by atoms with Crippen molar-refractivity contribution >= 4 is 12.2 Å². The van der Waals surface area contributed by atoms with Crippen molar-refractivity contribution in [3.63, 3.8) is 0 Å². The molecular weight excluding hydrogens is 222 g/mol. The third-order valence-electron chi connectivity index (χ3n) is 2.98. The Bertz CT molecular complexity index is 398. The van der Waals surface area contributed by atoms with E-state index in [1.807, 2.05) is 6.92 Å². The number of ether oxygens (including phenoxy) is 1. The summed E-state index contributed by atoms with van der Waals surface area (Å²) in [6.07, 6.45) is 2.31. The molecule has 1 atom stereocenters. The van der Waals surface area contributed by atoms with Gasteiger partial charge in [-0.15, -0.1) is 0 Å². The second-order valence-corrected chi connectivity index (χ2v) is 4.67. The second-order valence-electron chi connectivity index (χ2n) is 4.28. The number of nitrogens with one attached hydrogen (secondary N) is 1. The Morgan fingerprint density at radius 1 is 1.62 bits per heavy atom. The zero-order valence-electron chi connectivity index (χ0n) is 9.90. The van der Waals surface area contributed by atoms with Crippen LogP contribution in [-0.2, 0) is 11.3 Å². The highest BCUT2D eigenvalue weighted by Crippen LogP contribution is 2.08. The molecule has 1 fully saturated rings. The van der Waals surface area contributed by atoms with E-state index in [1.54, 1.807) is 0 Å². The number of nitrogens with zero attached hydrogens (tertiary/aromatic N) is 2. The van der Waals surface area contributed by atoms with Crippen LogP contribution in [0.2, 0.25) is 0 Å². The lowest BCUT2D eigenvalue weighted by Crippen LogP contribution is -2.43. The zero-order chi connectivity index (χ0) is 11.5. The number of rotatable bonds is 3. The van der Waals surface area contributed by atoms with Crippen molar-refractivity contribution in [2.75, 3.05) is 26.2 Å². The molecule has 0 bridgehead atoms. The van der Waals surface area contributed by atoms with Crippen molar-refractivity contribution in [2.24, 2.45) is 0 Å². The summed E-state index contributed by atoms with van der Waals surface area (Å²) in [5.41, 5.74) is 1.10. The van der Waals surface area contributed by atoms with Gasteiger partial charge in [0.1, 0.15) is 0 Å². The number of H-pyrrole nitrogens is 1. The van der Waals surface area contributed by atoms with Crippen molar-refractivity contribution in [2.45, 2.75) is 26.5 Å². The van der Waals surface area contributed by atoms with Crippen molar-refractivity contribution in [3.05, 3.63) is 16.7 Å². The van der Waals surface area contributed by atoms with Gasteiger partial charge in [0.15, 0.2) is 4.77 Å². The molecule has 2 rings (SSSR count). The minimum absolute atomic E-state index is 0.260. The van der Waals surface area contributed by atoms with Crippen LogP contribution in [0, 0.1) is 11.7 Å². The molecule has 1 saturated heterocycles. The van der Waals surface area contributed by atoms with E-state index < -0.39 is 0 Å². The number of aryl methyl sites for hydroxylation is 1. The fourth-order valence-corrected chi connectivity index (χ4v) is 2.39. The van der Waals surface area contributed by atoms with E-state index in [4.69, 9.17) is 17.0 Å². The van der Waals surface area contributed by atoms with Gasteiger partial charge in [0.2, 0.25) is 0 Å². The quantitative estimate of drug-likeness (QED) is 0.816. The summed E-state index contributed by atoms with van der Waals surface area (Å²) in [7, 11) is 0. The Hall–Kier alpha value is -0.650.